The molecule has 0 radical (unpaired) electrons. The summed E-state index contributed by atoms with van der Waals surface area (Å²) in [6.45, 7) is 5.29. The molecule has 28 heavy (non-hydrogen) atoms. The third-order valence-corrected chi connectivity index (χ3v) is 5.85. The molecule has 156 valence electrons. The van der Waals surface area contributed by atoms with Gasteiger partial charge in [0, 0.05) is 38.3 Å². The Morgan fingerprint density at radius 2 is 1.89 bits per heavy atom. The molecule has 0 aromatic heterocycles. The van der Waals surface area contributed by atoms with E-state index < -0.39 is 5.60 Å². The number of likely N-dealkylation sites (N-methyl/N-ethyl adjacent to an activating group) is 1. The lowest BCUT2D eigenvalue weighted by atomic mass is 9.90. The molecule has 2 aliphatic rings. The first-order valence-corrected chi connectivity index (χ1v) is 10.1. The van der Waals surface area contributed by atoms with E-state index in [2.05, 4.69) is 16.8 Å². The lowest BCUT2D eigenvalue weighted by molar-refractivity contribution is -0.160. The number of ether oxygens (including phenoxy) is 2. The Kier molecular flexibility index (Phi) is 6.80. The summed E-state index contributed by atoms with van der Waals surface area (Å²) in [5.74, 6) is 1.11. The van der Waals surface area contributed by atoms with Crippen molar-refractivity contribution in [3.63, 3.8) is 0 Å². The minimum absolute atomic E-state index is 0.179. The number of carbonyl (C=O) groups excluding carboxylic acids is 1. The van der Waals surface area contributed by atoms with Gasteiger partial charge in [0.1, 0.15) is 0 Å². The zero-order valence-electron chi connectivity index (χ0n) is 17.3. The second-order valence-electron chi connectivity index (χ2n) is 7.95. The van der Waals surface area contributed by atoms with Crippen LogP contribution in [-0.2, 0) is 11.3 Å². The lowest BCUT2D eigenvalue weighted by Crippen LogP contribution is -2.58. The molecule has 1 aromatic carbocycles. The first-order valence-electron chi connectivity index (χ1n) is 10.1. The summed E-state index contributed by atoms with van der Waals surface area (Å²) < 4.78 is 10.9. The van der Waals surface area contributed by atoms with Crippen LogP contribution in [0.2, 0.25) is 0 Å². The maximum absolute atomic E-state index is 13.2. The zero-order valence-corrected chi connectivity index (χ0v) is 17.3. The molecule has 7 nitrogen and oxygen atoms in total. The Labute approximate surface area is 167 Å². The molecule has 7 heteroatoms. The molecule has 2 fully saturated rings. The number of rotatable bonds is 6. The van der Waals surface area contributed by atoms with Gasteiger partial charge in [0.25, 0.3) is 5.91 Å². The normalized spacial score (nSPS) is 24.9. The fourth-order valence-electron chi connectivity index (χ4n) is 4.27. The van der Waals surface area contributed by atoms with Crippen molar-refractivity contribution in [2.75, 3.05) is 60.5 Å². The van der Waals surface area contributed by atoms with Gasteiger partial charge in [-0.3, -0.25) is 9.69 Å². The van der Waals surface area contributed by atoms with Crippen LogP contribution in [0.1, 0.15) is 24.8 Å². The molecular weight excluding hydrogens is 358 g/mol. The van der Waals surface area contributed by atoms with E-state index in [0.29, 0.717) is 37.6 Å². The van der Waals surface area contributed by atoms with Crippen LogP contribution in [0.15, 0.2) is 18.2 Å². The SMILES string of the molecule is COc1cccc(CN2CCC[C@@](O)(CN3CCCN(C)CC3)C2=O)c1OC. The van der Waals surface area contributed by atoms with Crippen LogP contribution in [0, 0.1) is 0 Å². The predicted molar refractivity (Wildman–Crippen MR) is 108 cm³/mol. The first kappa shape index (κ1) is 20.9. The Hall–Kier alpha value is -1.83. The maximum Gasteiger partial charge on any atom is 0.256 e. The average Bonchev–Trinajstić information content (AvgIpc) is 2.89. The minimum Gasteiger partial charge on any atom is -0.493 e. The molecule has 1 N–H and O–H groups in total. The molecule has 0 bridgehead atoms. The highest BCUT2D eigenvalue weighted by Gasteiger charge is 2.43. The molecule has 0 unspecified atom stereocenters. The molecule has 1 aromatic rings. The van der Waals surface area contributed by atoms with E-state index in [1.807, 2.05) is 18.2 Å². The number of likely N-dealkylation sites (tertiary alicyclic amines) is 1. The number of hydrogen-bond donors (Lipinski definition) is 1. The molecule has 2 heterocycles. The maximum atomic E-state index is 13.2. The topological polar surface area (TPSA) is 65.5 Å². The van der Waals surface area contributed by atoms with E-state index in [0.717, 1.165) is 44.6 Å². The zero-order chi connectivity index (χ0) is 20.1. The van der Waals surface area contributed by atoms with Gasteiger partial charge in [-0.1, -0.05) is 12.1 Å². The summed E-state index contributed by atoms with van der Waals surface area (Å²) in [6.07, 6.45) is 2.37. The fourth-order valence-corrected chi connectivity index (χ4v) is 4.27. The Morgan fingerprint density at radius 1 is 1.07 bits per heavy atom. The van der Waals surface area contributed by atoms with Gasteiger partial charge in [-0.25, -0.2) is 0 Å². The average molecular weight is 392 g/mol. The van der Waals surface area contributed by atoms with Gasteiger partial charge in [-0.2, -0.15) is 0 Å². The van der Waals surface area contributed by atoms with E-state index in [4.69, 9.17) is 9.47 Å². The van der Waals surface area contributed by atoms with Crippen molar-refractivity contribution in [1.29, 1.82) is 0 Å². The largest absolute Gasteiger partial charge is 0.493 e. The Morgan fingerprint density at radius 3 is 2.64 bits per heavy atom. The van der Waals surface area contributed by atoms with E-state index in [-0.39, 0.29) is 5.91 Å². The van der Waals surface area contributed by atoms with Crippen molar-refractivity contribution < 1.29 is 19.4 Å². The van der Waals surface area contributed by atoms with Crippen molar-refractivity contribution in [2.24, 2.45) is 0 Å². The highest BCUT2D eigenvalue weighted by molar-refractivity contribution is 5.86. The van der Waals surface area contributed by atoms with Crippen LogP contribution in [0.3, 0.4) is 0 Å². The highest BCUT2D eigenvalue weighted by Crippen LogP contribution is 2.33. The van der Waals surface area contributed by atoms with E-state index in [9.17, 15) is 9.90 Å². The minimum atomic E-state index is -1.31. The van der Waals surface area contributed by atoms with E-state index in [1.54, 1.807) is 19.1 Å². The molecule has 1 amide bonds. The lowest BCUT2D eigenvalue weighted by Gasteiger charge is -2.40. The monoisotopic (exact) mass is 391 g/mol. The second kappa shape index (κ2) is 9.11. The number of aliphatic hydroxyl groups is 1. The standard InChI is InChI=1S/C21H33N3O4/c1-22-10-6-11-23(14-13-22)16-21(26)9-5-12-24(20(21)25)15-17-7-4-8-18(27-2)19(17)28-3/h4,7-8,26H,5-6,9-16H2,1-3H3/t21-/m1/s1. The molecule has 2 aliphatic heterocycles. The summed E-state index contributed by atoms with van der Waals surface area (Å²) in [6, 6.07) is 5.67. The van der Waals surface area contributed by atoms with Gasteiger partial charge in [-0.15, -0.1) is 0 Å². The van der Waals surface area contributed by atoms with Gasteiger partial charge >= 0.3 is 0 Å². The van der Waals surface area contributed by atoms with Crippen molar-refractivity contribution in [3.05, 3.63) is 23.8 Å². The summed E-state index contributed by atoms with van der Waals surface area (Å²) in [5, 5.41) is 11.2. The second-order valence-corrected chi connectivity index (χ2v) is 7.95. The molecule has 1 atom stereocenters. The molecule has 0 spiro atoms. The Bertz CT molecular complexity index is 684. The van der Waals surface area contributed by atoms with Crippen molar-refractivity contribution in [2.45, 2.75) is 31.4 Å². The van der Waals surface area contributed by atoms with Crippen molar-refractivity contribution in [3.8, 4) is 11.5 Å². The van der Waals surface area contributed by atoms with Gasteiger partial charge in [0.05, 0.1) is 14.2 Å². The highest BCUT2D eigenvalue weighted by atomic mass is 16.5. The van der Waals surface area contributed by atoms with Crippen LogP contribution in [0.25, 0.3) is 0 Å². The van der Waals surface area contributed by atoms with E-state index in [1.165, 1.54) is 0 Å². The molecule has 0 aliphatic carbocycles. The molecule has 3 rings (SSSR count). The van der Waals surface area contributed by atoms with Gasteiger partial charge in [0.15, 0.2) is 17.1 Å². The number of benzene rings is 1. The predicted octanol–water partition coefficient (Wildman–Crippen LogP) is 1.19. The number of hydrogen-bond acceptors (Lipinski definition) is 6. The molecular formula is C21H33N3O4. The van der Waals surface area contributed by atoms with Crippen molar-refractivity contribution >= 4 is 5.91 Å². The fraction of sp³-hybridized carbons (Fsp3) is 0.667. The van der Waals surface area contributed by atoms with E-state index >= 15 is 0 Å². The Balaban J connectivity index is 1.71. The third-order valence-electron chi connectivity index (χ3n) is 5.85. The van der Waals surface area contributed by atoms with Crippen molar-refractivity contribution in [1.82, 2.24) is 14.7 Å². The van der Waals surface area contributed by atoms with Gasteiger partial charge in [0.2, 0.25) is 0 Å². The summed E-state index contributed by atoms with van der Waals surface area (Å²) in [5.41, 5.74) is -0.427. The molecule has 2 saturated heterocycles. The smallest absolute Gasteiger partial charge is 0.256 e. The number of amides is 1. The first-order chi connectivity index (χ1) is 13.5. The summed E-state index contributed by atoms with van der Waals surface area (Å²) >= 11 is 0. The van der Waals surface area contributed by atoms with Crippen LogP contribution in [0.5, 0.6) is 11.5 Å². The third kappa shape index (κ3) is 4.59. The van der Waals surface area contributed by atoms with Crippen LogP contribution >= 0.6 is 0 Å². The number of para-hydroxylation sites is 1. The van der Waals surface area contributed by atoms with Crippen LogP contribution in [0.4, 0.5) is 0 Å². The van der Waals surface area contributed by atoms with Gasteiger partial charge in [-0.05, 0) is 45.5 Å². The van der Waals surface area contributed by atoms with Crippen LogP contribution < -0.4 is 9.47 Å². The summed E-state index contributed by atoms with van der Waals surface area (Å²) in [4.78, 5) is 19.5. The summed E-state index contributed by atoms with van der Waals surface area (Å²) in [7, 11) is 5.32. The molecule has 0 saturated carbocycles. The van der Waals surface area contributed by atoms with Crippen LogP contribution in [-0.4, -0.2) is 91.9 Å². The number of carbonyl (C=O) groups is 1. The quantitative estimate of drug-likeness (QED) is 0.786. The number of nitrogens with zero attached hydrogens (tertiary/aromatic N) is 3. The number of methoxy groups -OCH3 is 2. The number of piperidine rings is 1. The van der Waals surface area contributed by atoms with Gasteiger partial charge < -0.3 is 24.4 Å². The number of β-amino-alcohol motifs (C(OH)–C–C–N with tert-alkyl or cyclic N) is 1.